The first-order chi connectivity index (χ1) is 8.58. The fourth-order valence-corrected chi connectivity index (χ4v) is 1.83. The molecule has 1 heterocycles. The highest BCUT2D eigenvalue weighted by atomic mass is 35.5. The normalized spacial score (nSPS) is 12.3. The van der Waals surface area contributed by atoms with Crippen molar-refractivity contribution in [3.8, 4) is 11.3 Å². The first-order valence-electron chi connectivity index (χ1n) is 5.32. The zero-order valence-electron chi connectivity index (χ0n) is 9.34. The van der Waals surface area contributed by atoms with Crippen LogP contribution in [0, 0.1) is 0 Å². The minimum atomic E-state index is -1.15. The number of aliphatic hydroxyl groups excluding tert-OH is 1. The Bertz CT molecular complexity index is 562. The molecule has 0 saturated heterocycles. The molecule has 0 fully saturated rings. The Morgan fingerprint density at radius 2 is 2.00 bits per heavy atom. The second-order valence-corrected chi connectivity index (χ2v) is 4.20. The number of carboxylic acids is 1. The van der Waals surface area contributed by atoms with Crippen LogP contribution in [-0.4, -0.2) is 16.2 Å². The van der Waals surface area contributed by atoms with Crippen molar-refractivity contribution in [2.45, 2.75) is 12.5 Å². The molecule has 5 heteroatoms. The van der Waals surface area contributed by atoms with Gasteiger partial charge in [0.15, 0.2) is 0 Å². The van der Waals surface area contributed by atoms with Crippen molar-refractivity contribution < 1.29 is 19.4 Å². The predicted molar refractivity (Wildman–Crippen MR) is 66.4 cm³/mol. The average molecular weight is 267 g/mol. The van der Waals surface area contributed by atoms with Crippen molar-refractivity contribution in [2.75, 3.05) is 0 Å². The van der Waals surface area contributed by atoms with Crippen LogP contribution in [0.5, 0.6) is 0 Å². The van der Waals surface area contributed by atoms with E-state index in [1.165, 1.54) is 0 Å². The Morgan fingerprint density at radius 3 is 2.67 bits per heavy atom. The van der Waals surface area contributed by atoms with Gasteiger partial charge in [0.2, 0.25) is 0 Å². The predicted octanol–water partition coefficient (Wildman–Crippen LogP) is 3.11. The summed E-state index contributed by atoms with van der Waals surface area (Å²) < 4.78 is 5.42. The zero-order chi connectivity index (χ0) is 13.1. The van der Waals surface area contributed by atoms with E-state index in [9.17, 15) is 9.90 Å². The summed E-state index contributed by atoms with van der Waals surface area (Å²) in [6, 6.07) is 10.3. The third-order valence-electron chi connectivity index (χ3n) is 2.46. The average Bonchev–Trinajstić information content (AvgIpc) is 2.78. The van der Waals surface area contributed by atoms with Crippen LogP contribution in [0.4, 0.5) is 0 Å². The minimum Gasteiger partial charge on any atom is -0.481 e. The van der Waals surface area contributed by atoms with Gasteiger partial charge in [-0.25, -0.2) is 0 Å². The lowest BCUT2D eigenvalue weighted by atomic mass is 10.2. The van der Waals surface area contributed by atoms with E-state index in [4.69, 9.17) is 21.1 Å². The summed E-state index contributed by atoms with van der Waals surface area (Å²) in [6.07, 6.45) is -1.55. The van der Waals surface area contributed by atoms with Gasteiger partial charge in [0.1, 0.15) is 17.6 Å². The van der Waals surface area contributed by atoms with Crippen LogP contribution in [-0.2, 0) is 4.79 Å². The lowest BCUT2D eigenvalue weighted by Crippen LogP contribution is -2.04. The summed E-state index contributed by atoms with van der Waals surface area (Å²) in [5.41, 5.74) is 0.702. The van der Waals surface area contributed by atoms with Crippen molar-refractivity contribution in [2.24, 2.45) is 0 Å². The van der Waals surface area contributed by atoms with E-state index in [0.29, 0.717) is 16.3 Å². The number of carboxylic acid groups (broad SMARTS) is 1. The lowest BCUT2D eigenvalue weighted by Gasteiger charge is -2.04. The van der Waals surface area contributed by atoms with E-state index in [0.717, 1.165) is 0 Å². The molecule has 1 atom stereocenters. The van der Waals surface area contributed by atoms with Crippen LogP contribution >= 0.6 is 11.6 Å². The van der Waals surface area contributed by atoms with Crippen LogP contribution < -0.4 is 0 Å². The molecule has 1 aromatic heterocycles. The molecule has 0 spiro atoms. The molecule has 0 amide bonds. The van der Waals surface area contributed by atoms with Gasteiger partial charge in [0.25, 0.3) is 0 Å². The summed E-state index contributed by atoms with van der Waals surface area (Å²) >= 11 is 6.02. The third kappa shape index (κ3) is 2.72. The molecule has 18 heavy (non-hydrogen) atoms. The number of rotatable bonds is 4. The van der Waals surface area contributed by atoms with Gasteiger partial charge in [0, 0.05) is 5.56 Å². The van der Waals surface area contributed by atoms with Gasteiger partial charge in [-0.15, -0.1) is 0 Å². The Morgan fingerprint density at radius 1 is 1.28 bits per heavy atom. The fraction of sp³-hybridized carbons (Fsp3) is 0.154. The van der Waals surface area contributed by atoms with Crippen molar-refractivity contribution in [1.29, 1.82) is 0 Å². The highest BCUT2D eigenvalue weighted by Gasteiger charge is 2.17. The van der Waals surface area contributed by atoms with Crippen molar-refractivity contribution in [3.05, 3.63) is 47.2 Å². The minimum absolute atomic E-state index is 0.215. The summed E-state index contributed by atoms with van der Waals surface area (Å²) in [5, 5.41) is 18.7. The number of halogens is 1. The van der Waals surface area contributed by atoms with Crippen LogP contribution in [0.15, 0.2) is 40.8 Å². The molecule has 94 valence electrons. The zero-order valence-corrected chi connectivity index (χ0v) is 10.1. The smallest absolute Gasteiger partial charge is 0.306 e. The molecule has 1 unspecified atom stereocenters. The molecular weight excluding hydrogens is 256 g/mol. The van der Waals surface area contributed by atoms with Gasteiger partial charge in [-0.2, -0.15) is 0 Å². The second-order valence-electron chi connectivity index (χ2n) is 3.80. The maximum Gasteiger partial charge on any atom is 0.306 e. The van der Waals surface area contributed by atoms with Crippen LogP contribution in [0.25, 0.3) is 11.3 Å². The number of aliphatic hydroxyl groups is 1. The van der Waals surface area contributed by atoms with E-state index >= 15 is 0 Å². The fourth-order valence-electron chi connectivity index (χ4n) is 1.60. The first kappa shape index (κ1) is 12.7. The molecule has 0 saturated carbocycles. The van der Waals surface area contributed by atoms with Crippen molar-refractivity contribution in [1.82, 2.24) is 0 Å². The molecule has 2 aromatic rings. The summed E-state index contributed by atoms with van der Waals surface area (Å²) in [5.74, 6) is -0.370. The third-order valence-corrected chi connectivity index (χ3v) is 2.79. The van der Waals surface area contributed by atoms with Crippen LogP contribution in [0.1, 0.15) is 18.3 Å². The number of hydrogen-bond acceptors (Lipinski definition) is 3. The highest BCUT2D eigenvalue weighted by Crippen LogP contribution is 2.31. The molecule has 1 aromatic carbocycles. The van der Waals surface area contributed by atoms with E-state index in [2.05, 4.69) is 0 Å². The summed E-state index contributed by atoms with van der Waals surface area (Å²) in [6.45, 7) is 0. The molecule has 0 bridgehead atoms. The van der Waals surface area contributed by atoms with Gasteiger partial charge in [0.05, 0.1) is 11.4 Å². The van der Waals surface area contributed by atoms with Crippen LogP contribution in [0.2, 0.25) is 5.02 Å². The Labute approximate surface area is 108 Å². The highest BCUT2D eigenvalue weighted by molar-refractivity contribution is 6.33. The van der Waals surface area contributed by atoms with Gasteiger partial charge in [-0.3, -0.25) is 4.79 Å². The summed E-state index contributed by atoms with van der Waals surface area (Å²) in [4.78, 5) is 10.5. The van der Waals surface area contributed by atoms with Crippen molar-refractivity contribution in [3.63, 3.8) is 0 Å². The van der Waals surface area contributed by atoms with Crippen molar-refractivity contribution >= 4 is 17.6 Å². The number of aliphatic carboxylic acids is 1. The Balaban J connectivity index is 2.26. The van der Waals surface area contributed by atoms with Gasteiger partial charge >= 0.3 is 5.97 Å². The molecule has 4 nitrogen and oxygen atoms in total. The molecule has 0 aliphatic carbocycles. The summed E-state index contributed by atoms with van der Waals surface area (Å²) in [7, 11) is 0. The van der Waals surface area contributed by atoms with E-state index in [-0.39, 0.29) is 5.76 Å². The monoisotopic (exact) mass is 266 g/mol. The first-order valence-corrected chi connectivity index (χ1v) is 5.70. The standard InChI is InChI=1S/C13H11ClO4/c14-9-4-2-1-3-8(9)11-5-6-12(18-11)10(15)7-13(16)17/h1-6,10,15H,7H2,(H,16,17). The van der Waals surface area contributed by atoms with Gasteiger partial charge in [-0.05, 0) is 24.3 Å². The van der Waals surface area contributed by atoms with Gasteiger partial charge in [-0.1, -0.05) is 23.7 Å². The maximum atomic E-state index is 10.5. The Kier molecular flexibility index (Phi) is 3.69. The molecule has 2 N–H and O–H groups in total. The SMILES string of the molecule is O=C(O)CC(O)c1ccc(-c2ccccc2Cl)o1. The topological polar surface area (TPSA) is 70.7 Å². The molecule has 0 aliphatic heterocycles. The molecule has 0 aliphatic rings. The van der Waals surface area contributed by atoms with Gasteiger partial charge < -0.3 is 14.6 Å². The quantitative estimate of drug-likeness (QED) is 0.892. The van der Waals surface area contributed by atoms with E-state index in [1.54, 1.807) is 30.3 Å². The molecular formula is C13H11ClO4. The van der Waals surface area contributed by atoms with E-state index < -0.39 is 18.5 Å². The molecule has 0 radical (unpaired) electrons. The number of hydrogen-bond donors (Lipinski definition) is 2. The lowest BCUT2D eigenvalue weighted by molar-refractivity contribution is -0.139. The van der Waals surface area contributed by atoms with E-state index in [1.807, 2.05) is 6.07 Å². The Hall–Kier alpha value is -1.78. The second kappa shape index (κ2) is 5.25. The maximum absolute atomic E-state index is 10.5. The molecule has 2 rings (SSSR count). The number of carbonyl (C=O) groups is 1. The largest absolute Gasteiger partial charge is 0.481 e. The van der Waals surface area contributed by atoms with Crippen LogP contribution in [0.3, 0.4) is 0 Å². The number of furan rings is 1. The number of benzene rings is 1.